The van der Waals surface area contributed by atoms with E-state index in [2.05, 4.69) is 43.4 Å². The van der Waals surface area contributed by atoms with Crippen molar-refractivity contribution >= 4 is 6.09 Å². The molecule has 4 heteroatoms. The highest BCUT2D eigenvalue weighted by Crippen LogP contribution is 2.21. The Labute approximate surface area is 140 Å². The van der Waals surface area contributed by atoms with Gasteiger partial charge in [-0.3, -0.25) is 0 Å². The van der Waals surface area contributed by atoms with Crippen LogP contribution in [0.15, 0.2) is 24.3 Å². The van der Waals surface area contributed by atoms with Crippen LogP contribution in [0.25, 0.3) is 0 Å². The van der Waals surface area contributed by atoms with Gasteiger partial charge in [0.2, 0.25) is 0 Å². The lowest BCUT2D eigenvalue weighted by atomic mass is 10.0. The van der Waals surface area contributed by atoms with Crippen LogP contribution < -0.4 is 5.32 Å². The molecule has 0 saturated carbocycles. The van der Waals surface area contributed by atoms with E-state index in [0.29, 0.717) is 12.1 Å². The minimum atomic E-state index is -0.434. The van der Waals surface area contributed by atoms with Crippen LogP contribution in [-0.4, -0.2) is 35.7 Å². The number of nitrogens with zero attached hydrogens (tertiary/aromatic N) is 1. The van der Waals surface area contributed by atoms with Crippen molar-refractivity contribution in [2.45, 2.75) is 65.1 Å². The molecule has 1 heterocycles. The molecule has 1 saturated heterocycles. The third kappa shape index (κ3) is 5.24. The number of carbonyl (C=O) groups is 1. The lowest BCUT2D eigenvalue weighted by Crippen LogP contribution is -2.39. The van der Waals surface area contributed by atoms with Gasteiger partial charge in [0, 0.05) is 25.2 Å². The van der Waals surface area contributed by atoms with Gasteiger partial charge in [0.15, 0.2) is 0 Å². The van der Waals surface area contributed by atoms with Crippen molar-refractivity contribution in [3.05, 3.63) is 35.4 Å². The number of hydrogen-bond donors (Lipinski definition) is 1. The highest BCUT2D eigenvalue weighted by Gasteiger charge is 2.30. The molecule has 2 unspecified atom stereocenters. The quantitative estimate of drug-likeness (QED) is 0.911. The van der Waals surface area contributed by atoms with E-state index < -0.39 is 5.60 Å². The summed E-state index contributed by atoms with van der Waals surface area (Å²) in [5.41, 5.74) is 2.16. The Morgan fingerprint density at radius 3 is 2.57 bits per heavy atom. The third-order valence-electron chi connectivity index (χ3n) is 4.16. The second-order valence-electron chi connectivity index (χ2n) is 7.45. The van der Waals surface area contributed by atoms with Gasteiger partial charge in [-0.15, -0.1) is 0 Å². The number of nitrogens with one attached hydrogen (secondary N) is 1. The predicted molar refractivity (Wildman–Crippen MR) is 93.6 cm³/mol. The molecule has 2 atom stereocenters. The molecule has 1 aromatic carbocycles. The number of aryl methyl sites for hydroxylation is 1. The summed E-state index contributed by atoms with van der Waals surface area (Å²) in [5.74, 6) is 0. The molecule has 1 N–H and O–H groups in total. The highest BCUT2D eigenvalue weighted by atomic mass is 16.6. The molecule has 128 valence electrons. The fraction of sp³-hybridized carbons (Fsp3) is 0.632. The third-order valence-corrected chi connectivity index (χ3v) is 4.16. The van der Waals surface area contributed by atoms with Crippen LogP contribution in [0.5, 0.6) is 0 Å². The molecule has 0 bridgehead atoms. The van der Waals surface area contributed by atoms with Crippen molar-refractivity contribution in [1.29, 1.82) is 0 Å². The molecule has 23 heavy (non-hydrogen) atoms. The molecule has 0 aromatic heterocycles. The Kier molecular flexibility index (Phi) is 5.69. The summed E-state index contributed by atoms with van der Waals surface area (Å²) in [7, 11) is 0. The standard InChI is InChI=1S/C19H30N2O2/c1-6-17(15-9-7-14(2)8-10-15)20-16-11-12-21(13-16)18(22)23-19(3,4)5/h7-10,16-17,20H,6,11-13H2,1-5H3. The summed E-state index contributed by atoms with van der Waals surface area (Å²) in [6, 6.07) is 9.35. The van der Waals surface area contributed by atoms with Crippen LogP contribution in [-0.2, 0) is 4.74 Å². The maximum absolute atomic E-state index is 12.1. The second kappa shape index (κ2) is 7.35. The lowest BCUT2D eigenvalue weighted by molar-refractivity contribution is 0.0290. The minimum absolute atomic E-state index is 0.204. The molecule has 0 spiro atoms. The van der Waals surface area contributed by atoms with E-state index in [0.717, 1.165) is 25.9 Å². The summed E-state index contributed by atoms with van der Waals surface area (Å²) in [6.45, 7) is 11.5. The first kappa shape index (κ1) is 17.8. The van der Waals surface area contributed by atoms with Crippen molar-refractivity contribution in [2.24, 2.45) is 0 Å². The Balaban J connectivity index is 1.91. The van der Waals surface area contributed by atoms with Crippen LogP contribution in [0.2, 0.25) is 0 Å². The van der Waals surface area contributed by atoms with Crippen LogP contribution in [0.3, 0.4) is 0 Å². The fourth-order valence-electron chi connectivity index (χ4n) is 2.92. The first-order valence-electron chi connectivity index (χ1n) is 8.59. The zero-order chi connectivity index (χ0) is 17.0. The van der Waals surface area contributed by atoms with E-state index in [4.69, 9.17) is 4.74 Å². The SMILES string of the molecule is CCC(NC1CCN(C(=O)OC(C)(C)C)C1)c1ccc(C)cc1. The minimum Gasteiger partial charge on any atom is -0.444 e. The predicted octanol–water partition coefficient (Wildman–Crippen LogP) is 4.05. The normalized spacial score (nSPS) is 19.7. The van der Waals surface area contributed by atoms with Gasteiger partial charge < -0.3 is 15.0 Å². The van der Waals surface area contributed by atoms with Crippen molar-refractivity contribution in [1.82, 2.24) is 10.2 Å². The van der Waals surface area contributed by atoms with Crippen molar-refractivity contribution in [3.63, 3.8) is 0 Å². The molecule has 0 radical (unpaired) electrons. The number of amides is 1. The maximum Gasteiger partial charge on any atom is 0.410 e. The van der Waals surface area contributed by atoms with Gasteiger partial charge in [-0.1, -0.05) is 36.8 Å². The summed E-state index contributed by atoms with van der Waals surface area (Å²) in [5, 5.41) is 3.70. The van der Waals surface area contributed by atoms with Crippen molar-refractivity contribution in [3.8, 4) is 0 Å². The molecule has 0 aliphatic carbocycles. The van der Waals surface area contributed by atoms with Crippen LogP contribution in [0.1, 0.15) is 57.7 Å². The van der Waals surface area contributed by atoms with Gasteiger partial charge in [0.25, 0.3) is 0 Å². The van der Waals surface area contributed by atoms with E-state index in [9.17, 15) is 4.79 Å². The van der Waals surface area contributed by atoms with E-state index in [1.165, 1.54) is 11.1 Å². The molecular formula is C19H30N2O2. The number of likely N-dealkylation sites (tertiary alicyclic amines) is 1. The van der Waals surface area contributed by atoms with Crippen molar-refractivity contribution in [2.75, 3.05) is 13.1 Å². The first-order valence-corrected chi connectivity index (χ1v) is 8.59. The Bertz CT molecular complexity index is 519. The molecule has 1 aliphatic rings. The van der Waals surface area contributed by atoms with Gasteiger partial charge in [-0.2, -0.15) is 0 Å². The van der Waals surface area contributed by atoms with Gasteiger partial charge in [-0.25, -0.2) is 4.79 Å². The Morgan fingerprint density at radius 2 is 2.00 bits per heavy atom. The highest BCUT2D eigenvalue weighted by molar-refractivity contribution is 5.68. The van der Waals surface area contributed by atoms with Gasteiger partial charge in [0.1, 0.15) is 5.60 Å². The second-order valence-corrected chi connectivity index (χ2v) is 7.45. The molecule has 1 fully saturated rings. The van der Waals surface area contributed by atoms with Crippen molar-refractivity contribution < 1.29 is 9.53 Å². The summed E-state index contributed by atoms with van der Waals surface area (Å²) >= 11 is 0. The average Bonchev–Trinajstić information content (AvgIpc) is 2.93. The number of benzene rings is 1. The van der Waals surface area contributed by atoms with Crippen LogP contribution in [0.4, 0.5) is 4.79 Å². The molecule has 1 aliphatic heterocycles. The number of hydrogen-bond acceptors (Lipinski definition) is 3. The Morgan fingerprint density at radius 1 is 1.35 bits per heavy atom. The topological polar surface area (TPSA) is 41.6 Å². The van der Waals surface area contributed by atoms with Crippen LogP contribution >= 0.6 is 0 Å². The fourth-order valence-corrected chi connectivity index (χ4v) is 2.92. The molecule has 1 amide bonds. The van der Waals surface area contributed by atoms with E-state index in [1.807, 2.05) is 25.7 Å². The van der Waals surface area contributed by atoms with Gasteiger partial charge in [-0.05, 0) is 46.1 Å². The summed E-state index contributed by atoms with van der Waals surface area (Å²) in [4.78, 5) is 14.0. The van der Waals surface area contributed by atoms with Gasteiger partial charge >= 0.3 is 6.09 Å². The lowest BCUT2D eigenvalue weighted by Gasteiger charge is -2.25. The zero-order valence-corrected chi connectivity index (χ0v) is 15.1. The molecular weight excluding hydrogens is 288 g/mol. The van der Waals surface area contributed by atoms with E-state index >= 15 is 0 Å². The number of rotatable bonds is 4. The smallest absolute Gasteiger partial charge is 0.410 e. The molecule has 2 rings (SSSR count). The Hall–Kier alpha value is -1.55. The van der Waals surface area contributed by atoms with E-state index in [-0.39, 0.29) is 6.09 Å². The first-order chi connectivity index (χ1) is 10.8. The number of carbonyl (C=O) groups excluding carboxylic acids is 1. The monoisotopic (exact) mass is 318 g/mol. The van der Waals surface area contributed by atoms with Crippen LogP contribution in [0, 0.1) is 6.92 Å². The summed E-state index contributed by atoms with van der Waals surface area (Å²) in [6.07, 6.45) is 1.80. The van der Waals surface area contributed by atoms with E-state index in [1.54, 1.807) is 0 Å². The average molecular weight is 318 g/mol. The number of ether oxygens (including phenoxy) is 1. The maximum atomic E-state index is 12.1. The zero-order valence-electron chi connectivity index (χ0n) is 15.1. The largest absolute Gasteiger partial charge is 0.444 e. The molecule has 1 aromatic rings. The van der Waals surface area contributed by atoms with Gasteiger partial charge in [0.05, 0.1) is 0 Å². The molecule has 4 nitrogen and oxygen atoms in total. The summed E-state index contributed by atoms with van der Waals surface area (Å²) < 4.78 is 5.46.